The molecule has 0 atom stereocenters. The van der Waals surface area contributed by atoms with Crippen molar-refractivity contribution in [2.24, 2.45) is 0 Å². The van der Waals surface area contributed by atoms with E-state index in [1.165, 1.54) is 0 Å². The molecule has 2 aliphatic rings. The minimum absolute atomic E-state index is 0. The molecule has 0 saturated carbocycles. The number of carboxylic acid groups (broad SMARTS) is 8. The third-order valence-electron chi connectivity index (χ3n) is 10.2. The van der Waals surface area contributed by atoms with Gasteiger partial charge in [0.15, 0.2) is 23.3 Å². The molecular formula is C40H18CoN8O16+2. The van der Waals surface area contributed by atoms with Crippen LogP contribution in [-0.4, -0.2) is 128 Å². The Morgan fingerprint density at radius 1 is 0.292 bits per heavy atom. The Kier molecular flexibility index (Phi) is 9.64. The largest absolute Gasteiger partial charge is 2.00 e. The van der Waals surface area contributed by atoms with E-state index < -0.39 is 92.3 Å². The molecule has 5 heterocycles. The van der Waals surface area contributed by atoms with Gasteiger partial charge in [-0.15, -0.1) is 0 Å². The van der Waals surface area contributed by atoms with Gasteiger partial charge in [-0.3, -0.25) is 0 Å². The zero-order valence-corrected chi connectivity index (χ0v) is 32.5. The number of aromatic amines is 2. The van der Waals surface area contributed by atoms with Crippen LogP contribution in [0.3, 0.4) is 0 Å². The van der Waals surface area contributed by atoms with Crippen molar-refractivity contribution in [3.63, 3.8) is 0 Å². The molecule has 0 aliphatic carbocycles. The van der Waals surface area contributed by atoms with Crippen LogP contribution < -0.4 is 0 Å². The molecule has 9 rings (SSSR count). The van der Waals surface area contributed by atoms with Crippen molar-refractivity contribution in [2.75, 3.05) is 0 Å². The topological polar surface area (TPSA) is 407 Å². The average molecular weight is 926 g/mol. The van der Waals surface area contributed by atoms with E-state index in [2.05, 4.69) is 39.9 Å². The van der Waals surface area contributed by atoms with Crippen LogP contribution in [0.25, 0.3) is 89.7 Å². The number of carboxylic acids is 8. The number of hydrogen-bond donors (Lipinski definition) is 10. The van der Waals surface area contributed by atoms with Gasteiger partial charge in [0.2, 0.25) is 0 Å². The Hall–Kier alpha value is -9.49. The summed E-state index contributed by atoms with van der Waals surface area (Å²) in [7, 11) is 0. The van der Waals surface area contributed by atoms with Gasteiger partial charge in [0, 0.05) is 43.8 Å². The van der Waals surface area contributed by atoms with E-state index in [4.69, 9.17) is 0 Å². The monoisotopic (exact) mass is 925 g/mol. The SMILES string of the molecule is O=C(O)c1cc2c(cc1C(=O)O)-c1nc-2nc2[nH]c(nc3nc(nc4[nH]c(n1)c1cc(C(=O)O)c(C(=O)O)cc41)-c1cc(C(=O)O)c(C(=O)O)cc1-3)c1cc(C(=O)O)c(C(=O)O)cc21.[Co+2]. The van der Waals surface area contributed by atoms with E-state index in [0.29, 0.717) is 0 Å². The third-order valence-corrected chi connectivity index (χ3v) is 10.2. The molecule has 2 aliphatic heterocycles. The molecule has 0 unspecified atom stereocenters. The van der Waals surface area contributed by atoms with Crippen molar-refractivity contribution in [3.8, 4) is 45.6 Å². The van der Waals surface area contributed by atoms with E-state index in [-0.39, 0.29) is 106 Å². The first kappa shape index (κ1) is 42.2. The maximum Gasteiger partial charge on any atom is 2.00 e. The molecule has 65 heavy (non-hydrogen) atoms. The Morgan fingerprint density at radius 2 is 0.462 bits per heavy atom. The van der Waals surface area contributed by atoms with Gasteiger partial charge in [-0.05, 0) is 48.5 Å². The summed E-state index contributed by atoms with van der Waals surface area (Å²) in [6, 6.07) is 7.52. The number of aromatic nitrogens is 8. The van der Waals surface area contributed by atoms with Crippen LogP contribution >= 0.6 is 0 Å². The van der Waals surface area contributed by atoms with Crippen molar-refractivity contribution in [3.05, 3.63) is 93.0 Å². The van der Waals surface area contributed by atoms with Crippen molar-refractivity contribution < 1.29 is 96.0 Å². The number of aromatic carboxylic acids is 8. The van der Waals surface area contributed by atoms with Gasteiger partial charge < -0.3 is 50.8 Å². The summed E-state index contributed by atoms with van der Waals surface area (Å²) >= 11 is 0. The number of fused-ring (bicyclic) bond motifs is 20. The summed E-state index contributed by atoms with van der Waals surface area (Å²) < 4.78 is 0. The minimum atomic E-state index is -1.67. The van der Waals surface area contributed by atoms with Crippen LogP contribution in [0.1, 0.15) is 82.9 Å². The number of hydrogen-bond acceptors (Lipinski definition) is 14. The summed E-state index contributed by atoms with van der Waals surface area (Å²) in [5, 5.41) is 79.6. The van der Waals surface area contributed by atoms with E-state index in [1.54, 1.807) is 0 Å². The summed E-state index contributed by atoms with van der Waals surface area (Å²) in [5.41, 5.74) is -7.45. The van der Waals surface area contributed by atoms with Gasteiger partial charge in [0.1, 0.15) is 22.6 Å². The Balaban J connectivity index is 0.00000576. The molecule has 7 aromatic rings. The van der Waals surface area contributed by atoms with E-state index in [9.17, 15) is 79.2 Å². The first-order valence-electron chi connectivity index (χ1n) is 17.7. The van der Waals surface area contributed by atoms with Crippen LogP contribution in [0.2, 0.25) is 0 Å². The molecule has 25 heteroatoms. The van der Waals surface area contributed by atoms with E-state index in [1.807, 2.05) is 0 Å². The molecule has 0 saturated heterocycles. The molecule has 0 spiro atoms. The Bertz CT molecular complexity index is 3210. The van der Waals surface area contributed by atoms with Gasteiger partial charge in [-0.1, -0.05) is 0 Å². The van der Waals surface area contributed by atoms with Crippen molar-refractivity contribution in [1.29, 1.82) is 0 Å². The second kappa shape index (κ2) is 14.9. The number of benzene rings is 4. The standard InChI is InChI=1S/C40H18N8O16.Co/c49-33(50)17-1-9-10(2-18(17)34(51)52)26-41-25(9)45-27-11-3-19(35(53)54)20(36(55)56)4-12(11)29(42-27)47-31-15-7-23(39(61)62)24(40(63)64)8-16(15)32(44-31)48-30-14-6-22(38(59)60)21(37(57)58)5-13(14)28(43-30)46-26;/h1-8H,(H,49,50)(H,51,52)(H,53,54)(H,55,56)(H,57,58)(H,59,60)(H,61,62)(H,63,64)(H2,41,42,43,44,45,46,47,48);/q;+2. The Labute approximate surface area is 365 Å². The van der Waals surface area contributed by atoms with Crippen LogP contribution in [0, 0.1) is 0 Å². The van der Waals surface area contributed by atoms with Crippen molar-refractivity contribution in [1.82, 2.24) is 39.9 Å². The van der Waals surface area contributed by atoms with Crippen molar-refractivity contribution in [2.45, 2.75) is 0 Å². The molecule has 0 fully saturated rings. The molecule has 8 bridgehead atoms. The summed E-state index contributed by atoms with van der Waals surface area (Å²) in [5.74, 6) is -14.9. The van der Waals surface area contributed by atoms with E-state index in [0.717, 1.165) is 48.5 Å². The first-order chi connectivity index (χ1) is 30.3. The predicted molar refractivity (Wildman–Crippen MR) is 212 cm³/mol. The van der Waals surface area contributed by atoms with Gasteiger partial charge in [0.25, 0.3) is 0 Å². The zero-order valence-electron chi connectivity index (χ0n) is 31.5. The molecular weight excluding hydrogens is 907 g/mol. The van der Waals surface area contributed by atoms with Gasteiger partial charge in [-0.2, -0.15) is 0 Å². The molecule has 3 aromatic heterocycles. The van der Waals surface area contributed by atoms with Crippen LogP contribution in [0.4, 0.5) is 0 Å². The predicted octanol–water partition coefficient (Wildman–Crippen LogP) is 4.45. The number of H-pyrrole nitrogens is 2. The van der Waals surface area contributed by atoms with E-state index >= 15 is 0 Å². The third kappa shape index (κ3) is 6.63. The smallest absolute Gasteiger partial charge is 0.478 e. The summed E-state index contributed by atoms with van der Waals surface area (Å²) in [6.07, 6.45) is 0. The fourth-order valence-electron chi connectivity index (χ4n) is 7.39. The number of carbonyl (C=O) groups is 8. The van der Waals surface area contributed by atoms with Crippen LogP contribution in [0.5, 0.6) is 0 Å². The van der Waals surface area contributed by atoms with Crippen molar-refractivity contribution >= 4 is 91.9 Å². The fraction of sp³-hybridized carbons (Fsp3) is 0. The zero-order chi connectivity index (χ0) is 45.8. The second-order valence-corrected chi connectivity index (χ2v) is 13.8. The molecule has 4 aromatic carbocycles. The average Bonchev–Trinajstić information content (AvgIpc) is 3.96. The van der Waals surface area contributed by atoms with Gasteiger partial charge in [0.05, 0.1) is 44.5 Å². The molecule has 0 amide bonds. The first-order valence-corrected chi connectivity index (χ1v) is 17.7. The minimum Gasteiger partial charge on any atom is -0.478 e. The number of rotatable bonds is 8. The molecule has 321 valence electrons. The second-order valence-electron chi connectivity index (χ2n) is 13.8. The maximum atomic E-state index is 12.3. The number of nitrogens with zero attached hydrogens (tertiary/aromatic N) is 6. The summed E-state index contributed by atoms with van der Waals surface area (Å²) in [4.78, 5) is 131. The summed E-state index contributed by atoms with van der Waals surface area (Å²) in [6.45, 7) is 0. The maximum absolute atomic E-state index is 12.3. The Morgan fingerprint density at radius 3 is 0.631 bits per heavy atom. The van der Waals surface area contributed by atoms with Crippen LogP contribution in [0.15, 0.2) is 48.5 Å². The fourth-order valence-corrected chi connectivity index (χ4v) is 7.39. The number of nitrogens with one attached hydrogen (secondary N) is 2. The molecule has 24 nitrogen and oxygen atoms in total. The normalized spacial score (nSPS) is 11.3. The molecule has 10 N–H and O–H groups in total. The van der Waals surface area contributed by atoms with Gasteiger partial charge in [-0.25, -0.2) is 68.3 Å². The quantitative estimate of drug-likeness (QED) is 0.101. The van der Waals surface area contributed by atoms with Crippen LogP contribution in [-0.2, 0) is 16.8 Å². The van der Waals surface area contributed by atoms with Gasteiger partial charge >= 0.3 is 64.5 Å². The molecule has 1 radical (unpaired) electrons.